The molecule has 0 saturated heterocycles. The van der Waals surface area contributed by atoms with Crippen LogP contribution in [0.15, 0.2) is 10.7 Å². The summed E-state index contributed by atoms with van der Waals surface area (Å²) in [6, 6.07) is 0. The van der Waals surface area contributed by atoms with Crippen LogP contribution in [0.2, 0.25) is 0 Å². The molecule has 1 saturated carbocycles. The van der Waals surface area contributed by atoms with Gasteiger partial charge in [-0.2, -0.15) is 4.98 Å². The summed E-state index contributed by atoms with van der Waals surface area (Å²) in [5.41, 5.74) is -0.281. The number of anilines is 1. The summed E-state index contributed by atoms with van der Waals surface area (Å²) in [6.07, 6.45) is 7.04. The van der Waals surface area contributed by atoms with Gasteiger partial charge >= 0.3 is 0 Å². The van der Waals surface area contributed by atoms with E-state index < -0.39 is 0 Å². The van der Waals surface area contributed by atoms with Gasteiger partial charge < -0.3 is 15.2 Å². The number of ether oxygens (including phenoxy) is 1. The number of halogens is 1. The Labute approximate surface area is 115 Å². The van der Waals surface area contributed by atoms with E-state index in [1.54, 1.807) is 13.3 Å². The van der Waals surface area contributed by atoms with Crippen molar-refractivity contribution in [1.82, 2.24) is 9.97 Å². The molecule has 2 N–H and O–H groups in total. The van der Waals surface area contributed by atoms with Crippen molar-refractivity contribution in [3.63, 3.8) is 0 Å². The van der Waals surface area contributed by atoms with Crippen molar-refractivity contribution in [3.05, 3.63) is 10.7 Å². The molecule has 1 aromatic heterocycles. The highest BCUT2D eigenvalue weighted by atomic mass is 79.9. The molecule has 1 fully saturated rings. The van der Waals surface area contributed by atoms with E-state index in [2.05, 4.69) is 31.2 Å². The minimum Gasteiger partial charge on any atom is -0.480 e. The predicted molar refractivity (Wildman–Crippen MR) is 72.8 cm³/mol. The first-order valence-electron chi connectivity index (χ1n) is 6.15. The van der Waals surface area contributed by atoms with Gasteiger partial charge in [0.15, 0.2) is 0 Å². The van der Waals surface area contributed by atoms with Gasteiger partial charge in [-0.15, -0.1) is 0 Å². The number of aliphatic hydroxyl groups excluding tert-OH is 1. The van der Waals surface area contributed by atoms with Crippen LogP contribution in [0.5, 0.6) is 5.88 Å². The Balaban J connectivity index is 2.16. The van der Waals surface area contributed by atoms with E-state index >= 15 is 0 Å². The molecule has 0 atom stereocenters. The van der Waals surface area contributed by atoms with Gasteiger partial charge in [0.1, 0.15) is 0 Å². The zero-order valence-electron chi connectivity index (χ0n) is 10.4. The number of nitrogens with one attached hydrogen (secondary N) is 1. The summed E-state index contributed by atoms with van der Waals surface area (Å²) in [7, 11) is 1.57. The van der Waals surface area contributed by atoms with E-state index in [4.69, 9.17) is 4.74 Å². The molecule has 0 radical (unpaired) electrons. The molecule has 5 nitrogen and oxygen atoms in total. The van der Waals surface area contributed by atoms with E-state index in [1.165, 1.54) is 6.42 Å². The lowest BCUT2D eigenvalue weighted by molar-refractivity contribution is 0.172. The topological polar surface area (TPSA) is 67.3 Å². The molecular formula is C12H18BrN3O2. The van der Waals surface area contributed by atoms with Gasteiger partial charge in [-0.05, 0) is 28.8 Å². The molecule has 0 bridgehead atoms. The monoisotopic (exact) mass is 315 g/mol. The zero-order valence-corrected chi connectivity index (χ0v) is 12.0. The third kappa shape index (κ3) is 2.92. The van der Waals surface area contributed by atoms with E-state index in [9.17, 15) is 5.11 Å². The van der Waals surface area contributed by atoms with E-state index in [1.807, 2.05) is 0 Å². The summed E-state index contributed by atoms with van der Waals surface area (Å²) in [6.45, 7) is 0.106. The summed E-state index contributed by atoms with van der Waals surface area (Å²) in [5, 5.41) is 12.9. The van der Waals surface area contributed by atoms with Gasteiger partial charge in [-0.3, -0.25) is 0 Å². The second kappa shape index (κ2) is 5.84. The highest BCUT2D eigenvalue weighted by molar-refractivity contribution is 9.10. The fourth-order valence-electron chi connectivity index (χ4n) is 2.34. The standard InChI is InChI=1S/C12H18BrN3O2/c1-18-10-9(13)7-14-11(15-10)16-12(8-17)5-3-2-4-6-12/h7,17H,2-6,8H2,1H3,(H,14,15,16). The van der Waals surface area contributed by atoms with Crippen LogP contribution in [0, 0.1) is 0 Å². The smallest absolute Gasteiger partial charge is 0.232 e. The fraction of sp³-hybridized carbons (Fsp3) is 0.667. The van der Waals surface area contributed by atoms with Crippen LogP contribution in [-0.2, 0) is 0 Å². The fourth-order valence-corrected chi connectivity index (χ4v) is 2.70. The van der Waals surface area contributed by atoms with Crippen molar-refractivity contribution >= 4 is 21.9 Å². The molecule has 2 rings (SSSR count). The Morgan fingerprint density at radius 1 is 1.44 bits per heavy atom. The van der Waals surface area contributed by atoms with Crippen molar-refractivity contribution in [3.8, 4) is 5.88 Å². The lowest BCUT2D eigenvalue weighted by atomic mass is 9.82. The SMILES string of the molecule is COc1nc(NC2(CO)CCCCC2)ncc1Br. The summed E-state index contributed by atoms with van der Waals surface area (Å²) in [4.78, 5) is 8.49. The molecule has 6 heteroatoms. The third-order valence-corrected chi connectivity index (χ3v) is 3.94. The van der Waals surface area contributed by atoms with Gasteiger partial charge in [0.05, 0.1) is 29.9 Å². The van der Waals surface area contributed by atoms with Crippen molar-refractivity contribution in [2.45, 2.75) is 37.6 Å². The normalized spacial score (nSPS) is 18.4. The number of aliphatic hydroxyl groups is 1. The number of aromatic nitrogens is 2. The maximum absolute atomic E-state index is 9.63. The average Bonchev–Trinajstić information content (AvgIpc) is 2.42. The minimum absolute atomic E-state index is 0.106. The molecular weight excluding hydrogens is 298 g/mol. The van der Waals surface area contributed by atoms with Gasteiger partial charge in [0.2, 0.25) is 11.8 Å². The molecule has 0 spiro atoms. The van der Waals surface area contributed by atoms with Gasteiger partial charge in [0.25, 0.3) is 0 Å². The van der Waals surface area contributed by atoms with E-state index in [0.717, 1.165) is 30.2 Å². The summed E-state index contributed by atoms with van der Waals surface area (Å²) in [5.74, 6) is 1.00. The molecule has 1 aliphatic carbocycles. The van der Waals surface area contributed by atoms with E-state index in [-0.39, 0.29) is 12.1 Å². The Morgan fingerprint density at radius 2 is 2.17 bits per heavy atom. The number of rotatable bonds is 4. The predicted octanol–water partition coefficient (Wildman–Crippen LogP) is 2.35. The molecule has 1 aromatic rings. The second-order valence-electron chi connectivity index (χ2n) is 4.67. The van der Waals surface area contributed by atoms with Gasteiger partial charge in [0, 0.05) is 0 Å². The number of nitrogens with zero attached hydrogens (tertiary/aromatic N) is 2. The summed E-state index contributed by atoms with van der Waals surface area (Å²) >= 11 is 3.32. The van der Waals surface area contributed by atoms with Crippen molar-refractivity contribution in [2.75, 3.05) is 19.0 Å². The van der Waals surface area contributed by atoms with Gasteiger partial charge in [-0.1, -0.05) is 19.3 Å². The minimum atomic E-state index is -0.281. The van der Waals surface area contributed by atoms with Crippen molar-refractivity contribution in [1.29, 1.82) is 0 Å². The second-order valence-corrected chi connectivity index (χ2v) is 5.53. The van der Waals surface area contributed by atoms with Crippen LogP contribution in [0.3, 0.4) is 0 Å². The van der Waals surface area contributed by atoms with E-state index in [0.29, 0.717) is 11.8 Å². The first kappa shape index (κ1) is 13.5. The van der Waals surface area contributed by atoms with Crippen LogP contribution in [0.25, 0.3) is 0 Å². The highest BCUT2D eigenvalue weighted by Gasteiger charge is 2.32. The number of hydrogen-bond acceptors (Lipinski definition) is 5. The lowest BCUT2D eigenvalue weighted by Crippen LogP contribution is -2.44. The maximum atomic E-state index is 9.63. The Morgan fingerprint density at radius 3 is 2.78 bits per heavy atom. The quantitative estimate of drug-likeness (QED) is 0.892. The number of hydrogen-bond donors (Lipinski definition) is 2. The first-order chi connectivity index (χ1) is 8.69. The molecule has 1 heterocycles. The van der Waals surface area contributed by atoms with Crippen LogP contribution in [0.4, 0.5) is 5.95 Å². The Kier molecular flexibility index (Phi) is 4.40. The molecule has 0 aromatic carbocycles. The highest BCUT2D eigenvalue weighted by Crippen LogP contribution is 2.31. The number of methoxy groups -OCH3 is 1. The molecule has 100 valence electrons. The Hall–Kier alpha value is -0.880. The molecule has 0 amide bonds. The zero-order chi connectivity index (χ0) is 13.0. The van der Waals surface area contributed by atoms with Gasteiger partial charge in [-0.25, -0.2) is 4.98 Å². The lowest BCUT2D eigenvalue weighted by Gasteiger charge is -2.36. The first-order valence-corrected chi connectivity index (χ1v) is 6.94. The van der Waals surface area contributed by atoms with Crippen LogP contribution < -0.4 is 10.1 Å². The molecule has 1 aliphatic rings. The maximum Gasteiger partial charge on any atom is 0.232 e. The van der Waals surface area contributed by atoms with Crippen molar-refractivity contribution in [2.24, 2.45) is 0 Å². The van der Waals surface area contributed by atoms with Crippen LogP contribution in [-0.4, -0.2) is 34.3 Å². The molecule has 18 heavy (non-hydrogen) atoms. The molecule has 0 unspecified atom stereocenters. The average molecular weight is 316 g/mol. The van der Waals surface area contributed by atoms with Crippen molar-refractivity contribution < 1.29 is 9.84 Å². The third-order valence-electron chi connectivity index (χ3n) is 3.40. The largest absolute Gasteiger partial charge is 0.480 e. The molecule has 0 aliphatic heterocycles. The van der Waals surface area contributed by atoms with Crippen LogP contribution >= 0.6 is 15.9 Å². The van der Waals surface area contributed by atoms with Crippen LogP contribution in [0.1, 0.15) is 32.1 Å². The Bertz CT molecular complexity index is 408. The summed E-state index contributed by atoms with van der Waals surface area (Å²) < 4.78 is 5.86.